The lowest BCUT2D eigenvalue weighted by Crippen LogP contribution is -2.31. The molecule has 0 spiro atoms. The van der Waals surface area contributed by atoms with Crippen molar-refractivity contribution in [2.75, 3.05) is 20.8 Å². The Balaban J connectivity index is 1.80. The van der Waals surface area contributed by atoms with Crippen LogP contribution >= 0.6 is 12.2 Å². The predicted octanol–water partition coefficient (Wildman–Crippen LogP) is 2.71. The zero-order chi connectivity index (χ0) is 15.5. The Morgan fingerprint density at radius 2 is 2.18 bits per heavy atom. The Kier molecular flexibility index (Phi) is 4.40. The quantitative estimate of drug-likeness (QED) is 0.879. The van der Waals surface area contributed by atoms with E-state index in [4.69, 9.17) is 21.7 Å². The molecule has 0 unspecified atom stereocenters. The number of H-pyrrole nitrogens is 1. The first-order valence-corrected chi connectivity index (χ1v) is 7.60. The molecule has 0 amide bonds. The van der Waals surface area contributed by atoms with Gasteiger partial charge in [-0.2, -0.15) is 0 Å². The summed E-state index contributed by atoms with van der Waals surface area (Å²) in [5.41, 5.74) is 3.54. The maximum absolute atomic E-state index is 5.46. The van der Waals surface area contributed by atoms with E-state index in [0.717, 1.165) is 43.1 Å². The van der Waals surface area contributed by atoms with Crippen molar-refractivity contribution in [2.45, 2.75) is 19.5 Å². The van der Waals surface area contributed by atoms with Crippen molar-refractivity contribution in [1.29, 1.82) is 0 Å². The van der Waals surface area contributed by atoms with E-state index in [1.165, 1.54) is 11.3 Å². The van der Waals surface area contributed by atoms with Crippen molar-refractivity contribution in [1.82, 2.24) is 14.9 Å². The third kappa shape index (κ3) is 3.13. The van der Waals surface area contributed by atoms with Gasteiger partial charge in [-0.1, -0.05) is 0 Å². The summed E-state index contributed by atoms with van der Waals surface area (Å²) in [6, 6.07) is 5.90. The number of nitrogens with one attached hydrogen (secondary N) is 1. The highest BCUT2D eigenvalue weighted by molar-refractivity contribution is 7.71. The number of methoxy groups -OCH3 is 2. The first-order chi connectivity index (χ1) is 10.7. The molecule has 1 aromatic heterocycles. The van der Waals surface area contributed by atoms with Gasteiger partial charge < -0.3 is 14.5 Å². The second kappa shape index (κ2) is 6.46. The SMILES string of the molecule is COc1ccc(OC)c(CN2CCc3[nH]c(=S)ncc3C2)c1. The lowest BCUT2D eigenvalue weighted by atomic mass is 10.1. The molecule has 116 valence electrons. The number of aromatic nitrogens is 2. The van der Waals surface area contributed by atoms with Gasteiger partial charge in [-0.05, 0) is 30.4 Å². The molecule has 0 atom stereocenters. The molecule has 22 heavy (non-hydrogen) atoms. The topological polar surface area (TPSA) is 50.4 Å². The molecule has 6 heteroatoms. The van der Waals surface area contributed by atoms with Gasteiger partial charge in [-0.3, -0.25) is 4.90 Å². The fourth-order valence-electron chi connectivity index (χ4n) is 2.79. The van der Waals surface area contributed by atoms with Crippen molar-refractivity contribution in [3.8, 4) is 11.5 Å². The Morgan fingerprint density at radius 1 is 1.32 bits per heavy atom. The molecule has 0 aliphatic carbocycles. The summed E-state index contributed by atoms with van der Waals surface area (Å²) in [5, 5.41) is 0. The summed E-state index contributed by atoms with van der Waals surface area (Å²) in [6.45, 7) is 2.65. The number of aromatic amines is 1. The van der Waals surface area contributed by atoms with Gasteiger partial charge in [0, 0.05) is 49.1 Å². The Morgan fingerprint density at radius 3 is 2.95 bits per heavy atom. The summed E-state index contributed by atoms with van der Waals surface area (Å²) >= 11 is 5.08. The van der Waals surface area contributed by atoms with Gasteiger partial charge in [0.2, 0.25) is 0 Å². The smallest absolute Gasteiger partial charge is 0.196 e. The summed E-state index contributed by atoms with van der Waals surface area (Å²) in [6.07, 6.45) is 2.83. The van der Waals surface area contributed by atoms with Crippen LogP contribution in [0.25, 0.3) is 0 Å². The van der Waals surface area contributed by atoms with E-state index in [0.29, 0.717) is 4.77 Å². The van der Waals surface area contributed by atoms with Crippen LogP contribution in [0.4, 0.5) is 0 Å². The maximum Gasteiger partial charge on any atom is 0.196 e. The van der Waals surface area contributed by atoms with Crippen LogP contribution in [-0.2, 0) is 19.5 Å². The molecule has 1 aromatic carbocycles. The number of hydrogen-bond acceptors (Lipinski definition) is 5. The van der Waals surface area contributed by atoms with E-state index in [1.807, 2.05) is 24.4 Å². The predicted molar refractivity (Wildman–Crippen MR) is 86.8 cm³/mol. The second-order valence-corrected chi connectivity index (χ2v) is 5.72. The zero-order valence-electron chi connectivity index (χ0n) is 12.8. The normalized spacial score (nSPS) is 14.5. The highest BCUT2D eigenvalue weighted by atomic mass is 32.1. The first kappa shape index (κ1) is 15.0. The third-order valence-electron chi connectivity index (χ3n) is 3.94. The van der Waals surface area contributed by atoms with Crippen LogP contribution in [0.15, 0.2) is 24.4 Å². The molecule has 5 nitrogen and oxygen atoms in total. The average molecular weight is 317 g/mol. The lowest BCUT2D eigenvalue weighted by Gasteiger charge is -2.28. The van der Waals surface area contributed by atoms with Crippen LogP contribution in [0.3, 0.4) is 0 Å². The molecule has 0 saturated carbocycles. The fraction of sp³-hybridized carbons (Fsp3) is 0.375. The zero-order valence-corrected chi connectivity index (χ0v) is 13.6. The van der Waals surface area contributed by atoms with Crippen molar-refractivity contribution >= 4 is 12.2 Å². The average Bonchev–Trinajstić information content (AvgIpc) is 2.55. The minimum atomic E-state index is 0.557. The summed E-state index contributed by atoms with van der Waals surface area (Å²) in [7, 11) is 3.37. The van der Waals surface area contributed by atoms with Crippen molar-refractivity contribution in [2.24, 2.45) is 0 Å². The van der Waals surface area contributed by atoms with E-state index in [1.54, 1.807) is 14.2 Å². The molecule has 2 heterocycles. The van der Waals surface area contributed by atoms with Gasteiger partial charge in [-0.15, -0.1) is 0 Å². The molecule has 1 aliphatic rings. The molecule has 0 radical (unpaired) electrons. The molecule has 1 N–H and O–H groups in total. The standard InChI is InChI=1S/C16H19N3O2S/c1-20-13-3-4-15(21-2)11(7-13)9-19-6-5-14-12(10-19)8-17-16(22)18-14/h3-4,7-8H,5-6,9-10H2,1-2H3,(H,17,18,22). The van der Waals surface area contributed by atoms with Crippen molar-refractivity contribution < 1.29 is 9.47 Å². The lowest BCUT2D eigenvalue weighted by molar-refractivity contribution is 0.238. The highest BCUT2D eigenvalue weighted by Crippen LogP contribution is 2.27. The summed E-state index contributed by atoms with van der Waals surface area (Å²) < 4.78 is 11.3. The van der Waals surface area contributed by atoms with Gasteiger partial charge in [0.1, 0.15) is 11.5 Å². The van der Waals surface area contributed by atoms with Crippen LogP contribution in [0.5, 0.6) is 11.5 Å². The molecule has 0 saturated heterocycles. The Hall–Kier alpha value is -1.92. The Bertz CT molecular complexity index is 730. The van der Waals surface area contributed by atoms with Gasteiger partial charge >= 0.3 is 0 Å². The molecular formula is C16H19N3O2S. The first-order valence-electron chi connectivity index (χ1n) is 7.20. The van der Waals surface area contributed by atoms with E-state index in [2.05, 4.69) is 14.9 Å². The van der Waals surface area contributed by atoms with Crippen LogP contribution in [0.1, 0.15) is 16.8 Å². The molecule has 0 bridgehead atoms. The van der Waals surface area contributed by atoms with Gasteiger partial charge in [0.15, 0.2) is 4.77 Å². The molecule has 0 fully saturated rings. The molecule has 1 aliphatic heterocycles. The minimum Gasteiger partial charge on any atom is -0.497 e. The van der Waals surface area contributed by atoms with Crippen LogP contribution in [0, 0.1) is 4.77 Å². The van der Waals surface area contributed by atoms with Crippen LogP contribution in [0.2, 0.25) is 0 Å². The van der Waals surface area contributed by atoms with Crippen molar-refractivity contribution in [3.05, 3.63) is 46.0 Å². The molecular weight excluding hydrogens is 298 g/mol. The Labute approximate surface area is 134 Å². The highest BCUT2D eigenvalue weighted by Gasteiger charge is 2.18. The fourth-order valence-corrected chi connectivity index (χ4v) is 2.96. The maximum atomic E-state index is 5.46. The monoisotopic (exact) mass is 317 g/mol. The summed E-state index contributed by atoms with van der Waals surface area (Å²) in [4.78, 5) is 9.74. The van der Waals surface area contributed by atoms with Crippen molar-refractivity contribution in [3.63, 3.8) is 0 Å². The number of benzene rings is 1. The number of rotatable bonds is 4. The van der Waals surface area contributed by atoms with Crippen LogP contribution < -0.4 is 9.47 Å². The second-order valence-electron chi connectivity index (χ2n) is 5.33. The summed E-state index contributed by atoms with van der Waals surface area (Å²) in [5.74, 6) is 1.73. The van der Waals surface area contributed by atoms with E-state index < -0.39 is 0 Å². The number of ether oxygens (including phenoxy) is 2. The molecule has 2 aromatic rings. The van der Waals surface area contributed by atoms with E-state index in [9.17, 15) is 0 Å². The number of fused-ring (bicyclic) bond motifs is 1. The van der Waals surface area contributed by atoms with E-state index >= 15 is 0 Å². The largest absolute Gasteiger partial charge is 0.497 e. The van der Waals surface area contributed by atoms with Crippen LogP contribution in [-0.4, -0.2) is 35.6 Å². The number of nitrogens with zero attached hydrogens (tertiary/aromatic N) is 2. The minimum absolute atomic E-state index is 0.557. The third-order valence-corrected chi connectivity index (χ3v) is 4.14. The number of hydrogen-bond donors (Lipinski definition) is 1. The molecule has 3 rings (SSSR count). The van der Waals surface area contributed by atoms with Gasteiger partial charge in [0.25, 0.3) is 0 Å². The van der Waals surface area contributed by atoms with Gasteiger partial charge in [0.05, 0.1) is 14.2 Å². The van der Waals surface area contributed by atoms with Gasteiger partial charge in [-0.25, -0.2) is 4.98 Å². The van der Waals surface area contributed by atoms with E-state index in [-0.39, 0.29) is 0 Å².